The number of nitrogens with zero attached hydrogens (tertiary/aromatic N) is 2. The van der Waals surface area contributed by atoms with Crippen LogP contribution in [0.1, 0.15) is 61.1 Å². The Morgan fingerprint density at radius 1 is 0.853 bits per heavy atom. The molecule has 5 aromatic rings. The molecule has 0 unspecified atom stereocenters. The van der Waals surface area contributed by atoms with E-state index in [2.05, 4.69) is 81.0 Å². The summed E-state index contributed by atoms with van der Waals surface area (Å²) in [5, 5.41) is 1.68. The van der Waals surface area contributed by atoms with Crippen LogP contribution in [0.5, 0.6) is 0 Å². The smallest absolute Gasteiger partial charge is 0.227 e. The minimum absolute atomic E-state index is 0.0259. The third-order valence-electron chi connectivity index (χ3n) is 6.65. The lowest BCUT2D eigenvalue weighted by Gasteiger charge is -2.26. The molecule has 0 spiro atoms. The third-order valence-corrected chi connectivity index (χ3v) is 6.65. The number of fused-ring (bicyclic) bond motifs is 3. The Labute approximate surface area is 206 Å². The monoisotopic (exact) mass is 451 g/mol. The van der Waals surface area contributed by atoms with E-state index in [1.54, 1.807) is 12.1 Å². The summed E-state index contributed by atoms with van der Waals surface area (Å²) in [5.41, 5.74) is 6.53. The van der Waals surface area contributed by atoms with Gasteiger partial charge >= 0.3 is 0 Å². The second kappa shape index (κ2) is 8.09. The van der Waals surface area contributed by atoms with E-state index >= 15 is 0 Å². The Bertz CT molecular complexity index is 1590. The fraction of sp³-hybridized carbons (Fsp3) is 0.290. The average molecular weight is 452 g/mol. The molecule has 0 aliphatic rings. The molecular formula is C31H32N2O. The SMILES string of the molecule is [2H]C([2H])([2H])c1ccc2c(n1)oc1c(-c3cc(C(C)(C)Cc4ccc(C(C)(C)C)cc4)ccn3)cccc12. The topological polar surface area (TPSA) is 38.9 Å². The second-order valence-corrected chi connectivity index (χ2v) is 10.8. The predicted molar refractivity (Wildman–Crippen MR) is 141 cm³/mol. The van der Waals surface area contributed by atoms with Crippen LogP contribution in [-0.2, 0) is 17.3 Å². The van der Waals surface area contributed by atoms with Crippen molar-refractivity contribution in [2.75, 3.05) is 0 Å². The standard InChI is InChI=1S/C31H32N2O/c1-20-10-15-25-24-8-7-9-26(28(24)34-29(25)33-20)27-18-23(16-17-32-27)31(5,6)19-21-11-13-22(14-12-21)30(2,3)4/h7-18H,19H2,1-6H3/i1D3. The highest BCUT2D eigenvalue weighted by atomic mass is 16.3. The molecule has 0 fully saturated rings. The Morgan fingerprint density at radius 3 is 2.38 bits per heavy atom. The number of aryl methyl sites for hydroxylation is 1. The van der Waals surface area contributed by atoms with E-state index in [0.717, 1.165) is 28.5 Å². The number of hydrogen-bond acceptors (Lipinski definition) is 3. The third kappa shape index (κ3) is 4.11. The first-order valence-electron chi connectivity index (χ1n) is 13.2. The van der Waals surface area contributed by atoms with Crippen LogP contribution in [0.3, 0.4) is 0 Å². The average Bonchev–Trinajstić information content (AvgIpc) is 3.21. The molecule has 0 aliphatic carbocycles. The van der Waals surface area contributed by atoms with Crippen LogP contribution in [-0.4, -0.2) is 9.97 Å². The van der Waals surface area contributed by atoms with Crippen molar-refractivity contribution in [2.24, 2.45) is 0 Å². The first-order valence-corrected chi connectivity index (χ1v) is 11.7. The summed E-state index contributed by atoms with van der Waals surface area (Å²) in [6.45, 7) is 8.92. The Morgan fingerprint density at radius 2 is 1.65 bits per heavy atom. The van der Waals surface area contributed by atoms with Crippen LogP contribution in [0.25, 0.3) is 33.3 Å². The zero-order valence-electron chi connectivity index (χ0n) is 23.4. The Hall–Kier alpha value is -3.46. The van der Waals surface area contributed by atoms with Crippen molar-refractivity contribution in [3.8, 4) is 11.3 Å². The van der Waals surface area contributed by atoms with Gasteiger partial charge in [-0.3, -0.25) is 4.98 Å². The zero-order valence-corrected chi connectivity index (χ0v) is 20.4. The fourth-order valence-corrected chi connectivity index (χ4v) is 4.61. The van der Waals surface area contributed by atoms with E-state index in [4.69, 9.17) is 8.53 Å². The summed E-state index contributed by atoms with van der Waals surface area (Å²) in [6, 6.07) is 22.4. The van der Waals surface area contributed by atoms with Gasteiger partial charge in [0.1, 0.15) is 5.58 Å². The number of aromatic nitrogens is 2. The van der Waals surface area contributed by atoms with E-state index < -0.39 is 6.85 Å². The molecule has 0 bridgehead atoms. The van der Waals surface area contributed by atoms with Gasteiger partial charge in [-0.1, -0.05) is 71.0 Å². The molecule has 0 aliphatic heterocycles. The first-order chi connectivity index (χ1) is 17.3. The van der Waals surface area contributed by atoms with Crippen molar-refractivity contribution < 1.29 is 8.53 Å². The van der Waals surface area contributed by atoms with Gasteiger partial charge < -0.3 is 4.42 Å². The van der Waals surface area contributed by atoms with Gasteiger partial charge in [0, 0.05) is 32.3 Å². The summed E-state index contributed by atoms with van der Waals surface area (Å²) < 4.78 is 29.2. The van der Waals surface area contributed by atoms with Crippen LogP contribution in [0.15, 0.2) is 77.3 Å². The van der Waals surface area contributed by atoms with Crippen molar-refractivity contribution in [3.63, 3.8) is 0 Å². The van der Waals surface area contributed by atoms with Crippen molar-refractivity contribution in [3.05, 3.63) is 95.3 Å². The molecule has 5 rings (SSSR count). The molecule has 0 amide bonds. The summed E-state index contributed by atoms with van der Waals surface area (Å²) in [5.74, 6) is 0. The number of benzene rings is 2. The summed E-state index contributed by atoms with van der Waals surface area (Å²) in [4.78, 5) is 8.97. The highest BCUT2D eigenvalue weighted by Gasteiger charge is 2.23. The Balaban J connectivity index is 1.51. The number of pyridine rings is 2. The van der Waals surface area contributed by atoms with Crippen molar-refractivity contribution in [2.45, 2.75) is 58.7 Å². The molecule has 3 heterocycles. The van der Waals surface area contributed by atoms with Crippen LogP contribution >= 0.6 is 0 Å². The lowest BCUT2D eigenvalue weighted by atomic mass is 9.78. The summed E-state index contributed by atoms with van der Waals surface area (Å²) in [6.07, 6.45) is 2.75. The zero-order chi connectivity index (χ0) is 26.6. The number of hydrogen-bond donors (Lipinski definition) is 0. The minimum atomic E-state index is -2.29. The van der Waals surface area contributed by atoms with E-state index in [1.807, 2.05) is 24.4 Å². The van der Waals surface area contributed by atoms with Crippen LogP contribution in [0.4, 0.5) is 0 Å². The lowest BCUT2D eigenvalue weighted by molar-refractivity contribution is 0.521. The number of para-hydroxylation sites is 1. The van der Waals surface area contributed by atoms with Crippen LogP contribution in [0.2, 0.25) is 0 Å². The molecule has 0 saturated heterocycles. The molecule has 0 saturated carbocycles. The molecule has 3 nitrogen and oxygen atoms in total. The van der Waals surface area contributed by atoms with Crippen molar-refractivity contribution in [1.82, 2.24) is 9.97 Å². The quantitative estimate of drug-likeness (QED) is 0.277. The van der Waals surface area contributed by atoms with E-state index in [-0.39, 0.29) is 16.5 Å². The van der Waals surface area contributed by atoms with Gasteiger partial charge in [0.05, 0.1) is 5.69 Å². The van der Waals surface area contributed by atoms with Gasteiger partial charge in [-0.2, -0.15) is 0 Å². The van der Waals surface area contributed by atoms with E-state index in [1.165, 1.54) is 16.7 Å². The highest BCUT2D eigenvalue weighted by molar-refractivity contribution is 6.08. The van der Waals surface area contributed by atoms with Gasteiger partial charge in [-0.15, -0.1) is 0 Å². The van der Waals surface area contributed by atoms with Gasteiger partial charge in [0.25, 0.3) is 0 Å². The van der Waals surface area contributed by atoms with Crippen molar-refractivity contribution in [1.29, 1.82) is 0 Å². The predicted octanol–water partition coefficient (Wildman–Crippen LogP) is 8.17. The molecule has 172 valence electrons. The molecule has 3 heteroatoms. The van der Waals surface area contributed by atoms with E-state index in [0.29, 0.717) is 11.3 Å². The van der Waals surface area contributed by atoms with Gasteiger partial charge in [-0.05, 0) is 71.1 Å². The van der Waals surface area contributed by atoms with Gasteiger partial charge in [0.15, 0.2) is 0 Å². The first kappa shape index (κ1) is 18.9. The number of furan rings is 1. The molecule has 34 heavy (non-hydrogen) atoms. The Kier molecular flexibility index (Phi) is 4.50. The van der Waals surface area contributed by atoms with Crippen LogP contribution in [0, 0.1) is 6.85 Å². The second-order valence-electron chi connectivity index (χ2n) is 10.8. The minimum Gasteiger partial charge on any atom is -0.437 e. The van der Waals surface area contributed by atoms with E-state index in [9.17, 15) is 0 Å². The largest absolute Gasteiger partial charge is 0.437 e. The maximum absolute atomic E-state index is 7.68. The maximum atomic E-state index is 7.68. The summed E-state index contributed by atoms with van der Waals surface area (Å²) in [7, 11) is 0. The highest BCUT2D eigenvalue weighted by Crippen LogP contribution is 2.36. The van der Waals surface area contributed by atoms with Gasteiger partial charge in [0.2, 0.25) is 5.71 Å². The molecular weight excluding hydrogens is 416 g/mol. The molecule has 0 N–H and O–H groups in total. The van der Waals surface area contributed by atoms with Gasteiger partial charge in [-0.25, -0.2) is 4.98 Å². The fourth-order valence-electron chi connectivity index (χ4n) is 4.61. The van der Waals surface area contributed by atoms with Crippen molar-refractivity contribution >= 4 is 22.1 Å². The normalized spacial score (nSPS) is 14.2. The molecule has 0 atom stereocenters. The lowest BCUT2D eigenvalue weighted by Crippen LogP contribution is -2.21. The molecule has 3 aromatic heterocycles. The molecule has 0 radical (unpaired) electrons. The summed E-state index contributed by atoms with van der Waals surface area (Å²) >= 11 is 0. The maximum Gasteiger partial charge on any atom is 0.227 e. The van der Waals surface area contributed by atoms with Crippen LogP contribution < -0.4 is 0 Å². The molecule has 2 aromatic carbocycles. The number of rotatable bonds is 4.